The number of thiazole rings is 1. The molecular weight excluding hydrogens is 386 g/mol. The summed E-state index contributed by atoms with van der Waals surface area (Å²) in [6.07, 6.45) is 5.57. The van der Waals surface area contributed by atoms with E-state index in [1.165, 1.54) is 11.1 Å². The van der Waals surface area contributed by atoms with Crippen molar-refractivity contribution in [3.05, 3.63) is 29.3 Å². The zero-order valence-electron chi connectivity index (χ0n) is 16.7. The summed E-state index contributed by atoms with van der Waals surface area (Å²) in [5.74, 6) is -0.224. The number of hydrogen-bond acceptors (Lipinski definition) is 6. The number of imide groups is 1. The van der Waals surface area contributed by atoms with E-state index in [1.807, 2.05) is 12.1 Å². The Balaban J connectivity index is 1.17. The summed E-state index contributed by atoms with van der Waals surface area (Å²) in [6.45, 7) is 4.57. The summed E-state index contributed by atoms with van der Waals surface area (Å²) >= 11 is 1.75. The van der Waals surface area contributed by atoms with Gasteiger partial charge < -0.3 is 5.32 Å². The largest absolute Gasteiger partial charge is 0.335 e. The van der Waals surface area contributed by atoms with Gasteiger partial charge in [0.1, 0.15) is 5.01 Å². The molecule has 0 bridgehead atoms. The molecule has 0 radical (unpaired) electrons. The van der Waals surface area contributed by atoms with Crippen LogP contribution in [0.15, 0.2) is 24.3 Å². The number of hydrogen-bond donors (Lipinski definition) is 2. The molecule has 3 amide bonds. The van der Waals surface area contributed by atoms with Crippen molar-refractivity contribution in [1.29, 1.82) is 0 Å². The van der Waals surface area contributed by atoms with Gasteiger partial charge >= 0.3 is 6.03 Å². The average Bonchev–Trinajstić information content (AvgIpc) is 3.12. The van der Waals surface area contributed by atoms with Gasteiger partial charge in [0.2, 0.25) is 5.91 Å². The SMILES string of the molecule is O=C(CN1CCN(Cc2nc3ccccc3s2)CC1)NC(=O)NC1CCCCC1. The Labute approximate surface area is 175 Å². The van der Waals surface area contributed by atoms with E-state index in [1.54, 1.807) is 11.3 Å². The zero-order valence-corrected chi connectivity index (χ0v) is 17.5. The smallest absolute Gasteiger partial charge is 0.321 e. The molecule has 1 saturated carbocycles. The first kappa shape index (κ1) is 20.3. The third-order valence-electron chi connectivity index (χ3n) is 5.72. The normalized spacial score (nSPS) is 19.3. The van der Waals surface area contributed by atoms with E-state index in [4.69, 9.17) is 4.98 Å². The molecule has 2 aliphatic rings. The molecule has 156 valence electrons. The van der Waals surface area contributed by atoms with E-state index in [0.29, 0.717) is 0 Å². The predicted octanol–water partition coefficient (Wildman–Crippen LogP) is 2.57. The van der Waals surface area contributed by atoms with E-state index in [-0.39, 0.29) is 24.5 Å². The molecule has 1 aromatic carbocycles. The lowest BCUT2D eigenvalue weighted by Gasteiger charge is -2.33. The van der Waals surface area contributed by atoms with Crippen LogP contribution in [0.3, 0.4) is 0 Å². The van der Waals surface area contributed by atoms with Crippen LogP contribution in [0.1, 0.15) is 37.1 Å². The summed E-state index contributed by atoms with van der Waals surface area (Å²) in [4.78, 5) is 33.4. The second-order valence-electron chi connectivity index (χ2n) is 7.98. The molecule has 8 heteroatoms. The Bertz CT molecular complexity index is 807. The second kappa shape index (κ2) is 9.65. The van der Waals surface area contributed by atoms with Gasteiger partial charge in [0, 0.05) is 32.2 Å². The van der Waals surface area contributed by atoms with Crippen LogP contribution >= 0.6 is 11.3 Å². The molecule has 2 fully saturated rings. The van der Waals surface area contributed by atoms with Gasteiger partial charge in [0.25, 0.3) is 0 Å². The van der Waals surface area contributed by atoms with Crippen molar-refractivity contribution < 1.29 is 9.59 Å². The minimum Gasteiger partial charge on any atom is -0.335 e. The van der Waals surface area contributed by atoms with Crippen molar-refractivity contribution >= 4 is 33.5 Å². The highest BCUT2D eigenvalue weighted by molar-refractivity contribution is 7.18. The number of fused-ring (bicyclic) bond motifs is 1. The van der Waals surface area contributed by atoms with Gasteiger partial charge in [-0.15, -0.1) is 11.3 Å². The molecule has 29 heavy (non-hydrogen) atoms. The fourth-order valence-electron chi connectivity index (χ4n) is 4.12. The fraction of sp³-hybridized carbons (Fsp3) is 0.571. The molecule has 2 N–H and O–H groups in total. The third kappa shape index (κ3) is 5.74. The van der Waals surface area contributed by atoms with E-state index in [9.17, 15) is 9.59 Å². The molecule has 0 unspecified atom stereocenters. The van der Waals surface area contributed by atoms with Gasteiger partial charge in [0.15, 0.2) is 0 Å². The zero-order chi connectivity index (χ0) is 20.1. The Hall–Kier alpha value is -2.03. The second-order valence-corrected chi connectivity index (χ2v) is 9.10. The number of nitrogens with zero attached hydrogens (tertiary/aromatic N) is 3. The molecule has 2 aromatic rings. The van der Waals surface area contributed by atoms with Crippen molar-refractivity contribution in [2.45, 2.75) is 44.7 Å². The summed E-state index contributed by atoms with van der Waals surface area (Å²) < 4.78 is 1.23. The number of carbonyl (C=O) groups is 2. The van der Waals surface area contributed by atoms with Gasteiger partial charge in [-0.3, -0.25) is 19.9 Å². The van der Waals surface area contributed by atoms with Crippen molar-refractivity contribution in [3.63, 3.8) is 0 Å². The minimum atomic E-state index is -0.351. The predicted molar refractivity (Wildman–Crippen MR) is 115 cm³/mol. The van der Waals surface area contributed by atoms with Gasteiger partial charge in [-0.1, -0.05) is 31.4 Å². The standard InChI is InChI=1S/C21H29N5O2S/c27-19(24-21(28)22-16-6-2-1-3-7-16)14-25-10-12-26(13-11-25)15-20-23-17-8-4-5-9-18(17)29-20/h4-5,8-9,16H,1-3,6-7,10-15H2,(H2,22,24,27,28). The summed E-state index contributed by atoms with van der Waals surface area (Å²) in [5.41, 5.74) is 1.06. The fourth-order valence-corrected chi connectivity index (χ4v) is 5.13. The first-order valence-electron chi connectivity index (χ1n) is 10.6. The van der Waals surface area contributed by atoms with Crippen LogP contribution in [0.2, 0.25) is 0 Å². The quantitative estimate of drug-likeness (QED) is 0.785. The van der Waals surface area contributed by atoms with Crippen LogP contribution in [0.25, 0.3) is 10.2 Å². The maximum Gasteiger partial charge on any atom is 0.321 e. The number of urea groups is 1. The highest BCUT2D eigenvalue weighted by Crippen LogP contribution is 2.23. The molecule has 1 saturated heterocycles. The number of piperazine rings is 1. The number of aromatic nitrogens is 1. The Morgan fingerprint density at radius 2 is 1.76 bits per heavy atom. The van der Waals surface area contributed by atoms with Crippen LogP contribution in [0.5, 0.6) is 0 Å². The van der Waals surface area contributed by atoms with Gasteiger partial charge in [-0.05, 0) is 25.0 Å². The van der Waals surface area contributed by atoms with Crippen molar-refractivity contribution in [3.8, 4) is 0 Å². The topological polar surface area (TPSA) is 77.6 Å². The first-order valence-corrected chi connectivity index (χ1v) is 11.4. The van der Waals surface area contributed by atoms with Crippen molar-refractivity contribution in [2.24, 2.45) is 0 Å². The van der Waals surface area contributed by atoms with Crippen LogP contribution < -0.4 is 10.6 Å². The molecule has 1 aliphatic heterocycles. The number of amides is 3. The highest BCUT2D eigenvalue weighted by atomic mass is 32.1. The molecule has 4 rings (SSSR count). The lowest BCUT2D eigenvalue weighted by atomic mass is 9.96. The molecule has 0 atom stereocenters. The van der Waals surface area contributed by atoms with Crippen LogP contribution in [-0.2, 0) is 11.3 Å². The van der Waals surface area contributed by atoms with E-state index >= 15 is 0 Å². The summed E-state index contributed by atoms with van der Waals surface area (Å²) in [7, 11) is 0. The maximum absolute atomic E-state index is 12.2. The lowest BCUT2D eigenvalue weighted by Crippen LogP contribution is -2.51. The third-order valence-corrected chi connectivity index (χ3v) is 6.74. The first-order chi connectivity index (χ1) is 14.2. The molecule has 1 aliphatic carbocycles. The molecular formula is C21H29N5O2S. The van der Waals surface area contributed by atoms with Gasteiger partial charge in [-0.2, -0.15) is 0 Å². The molecule has 7 nitrogen and oxygen atoms in total. The van der Waals surface area contributed by atoms with E-state index < -0.39 is 0 Å². The van der Waals surface area contributed by atoms with Gasteiger partial charge in [-0.25, -0.2) is 9.78 Å². The van der Waals surface area contributed by atoms with Crippen LogP contribution in [0.4, 0.5) is 4.79 Å². The average molecular weight is 416 g/mol. The maximum atomic E-state index is 12.2. The Morgan fingerprint density at radius 3 is 2.52 bits per heavy atom. The number of benzene rings is 1. The Kier molecular flexibility index (Phi) is 6.74. The summed E-state index contributed by atoms with van der Waals surface area (Å²) in [5, 5.41) is 6.55. The number of rotatable bonds is 5. The van der Waals surface area contributed by atoms with Gasteiger partial charge in [0.05, 0.1) is 23.3 Å². The number of carbonyl (C=O) groups excluding carboxylic acids is 2. The Morgan fingerprint density at radius 1 is 1.03 bits per heavy atom. The highest BCUT2D eigenvalue weighted by Gasteiger charge is 2.22. The lowest BCUT2D eigenvalue weighted by molar-refractivity contribution is -0.121. The molecule has 2 heterocycles. The van der Waals surface area contributed by atoms with Crippen LogP contribution in [-0.4, -0.2) is 65.5 Å². The molecule has 0 spiro atoms. The van der Waals surface area contributed by atoms with E-state index in [0.717, 1.165) is 68.9 Å². The van der Waals surface area contributed by atoms with Crippen LogP contribution in [0, 0.1) is 0 Å². The molecule has 1 aromatic heterocycles. The summed E-state index contributed by atoms with van der Waals surface area (Å²) in [6, 6.07) is 8.08. The van der Waals surface area contributed by atoms with E-state index in [2.05, 4.69) is 32.6 Å². The number of nitrogens with one attached hydrogen (secondary N) is 2. The minimum absolute atomic E-state index is 0.211. The number of para-hydroxylation sites is 1. The monoisotopic (exact) mass is 415 g/mol. The van der Waals surface area contributed by atoms with Crippen molar-refractivity contribution in [2.75, 3.05) is 32.7 Å². The van der Waals surface area contributed by atoms with Crippen molar-refractivity contribution in [1.82, 2.24) is 25.4 Å².